The number of hydrogen-bond acceptors (Lipinski definition) is 4. The van der Waals surface area contributed by atoms with Crippen molar-refractivity contribution in [2.75, 3.05) is 13.1 Å². The summed E-state index contributed by atoms with van der Waals surface area (Å²) in [5.41, 5.74) is 0. The van der Waals surface area contributed by atoms with Gasteiger partial charge in [0.2, 0.25) is 5.82 Å². The maximum atomic E-state index is 12.1. The third-order valence-electron chi connectivity index (χ3n) is 2.59. The fraction of sp³-hybridized carbons (Fsp3) is 0.667. The highest BCUT2D eigenvalue weighted by atomic mass is 16.2. The predicted molar refractivity (Wildman–Crippen MR) is 66.7 cm³/mol. The first-order valence-electron chi connectivity index (χ1n) is 6.22. The van der Waals surface area contributed by atoms with Crippen molar-refractivity contribution in [1.29, 1.82) is 5.26 Å². The quantitative estimate of drug-likeness (QED) is 0.825. The molecule has 0 saturated heterocycles. The highest BCUT2D eigenvalue weighted by Crippen LogP contribution is 2.05. The molecule has 1 heterocycles. The minimum atomic E-state index is -0.224. The zero-order chi connectivity index (χ0) is 13.5. The molecular formula is C12H19N5O. The average Bonchev–Trinajstić information content (AvgIpc) is 2.83. The van der Waals surface area contributed by atoms with E-state index in [-0.39, 0.29) is 17.6 Å². The van der Waals surface area contributed by atoms with Crippen LogP contribution in [0.15, 0.2) is 0 Å². The largest absolute Gasteiger partial charge is 0.335 e. The highest BCUT2D eigenvalue weighted by molar-refractivity contribution is 5.90. The van der Waals surface area contributed by atoms with Crippen molar-refractivity contribution in [1.82, 2.24) is 20.1 Å². The summed E-state index contributed by atoms with van der Waals surface area (Å²) in [5, 5.41) is 15.5. The van der Waals surface area contributed by atoms with E-state index in [2.05, 4.69) is 21.3 Å². The molecule has 0 aliphatic rings. The van der Waals surface area contributed by atoms with Gasteiger partial charge in [-0.05, 0) is 20.3 Å². The van der Waals surface area contributed by atoms with Crippen molar-refractivity contribution < 1.29 is 4.79 Å². The molecule has 18 heavy (non-hydrogen) atoms. The monoisotopic (exact) mass is 249 g/mol. The summed E-state index contributed by atoms with van der Waals surface area (Å²) >= 11 is 0. The summed E-state index contributed by atoms with van der Waals surface area (Å²) in [4.78, 5) is 17.9. The number of carbonyl (C=O) groups is 1. The van der Waals surface area contributed by atoms with Gasteiger partial charge in [-0.15, -0.1) is 5.10 Å². The topological polar surface area (TPSA) is 85.7 Å². The van der Waals surface area contributed by atoms with Crippen LogP contribution in [0, 0.1) is 17.2 Å². The van der Waals surface area contributed by atoms with Gasteiger partial charge in [0, 0.05) is 19.5 Å². The van der Waals surface area contributed by atoms with Gasteiger partial charge in [-0.1, -0.05) is 6.92 Å². The number of hydrogen-bond donors (Lipinski definition) is 1. The molecule has 6 nitrogen and oxygen atoms in total. The molecule has 1 unspecified atom stereocenters. The van der Waals surface area contributed by atoms with Crippen LogP contribution in [0.2, 0.25) is 0 Å². The second-order valence-corrected chi connectivity index (χ2v) is 4.23. The number of nitrogens with zero attached hydrogens (tertiary/aromatic N) is 4. The summed E-state index contributed by atoms with van der Waals surface area (Å²) in [7, 11) is 0. The van der Waals surface area contributed by atoms with Gasteiger partial charge >= 0.3 is 0 Å². The molecule has 1 aromatic heterocycles. The molecule has 0 saturated carbocycles. The molecule has 1 amide bonds. The maximum absolute atomic E-state index is 12.1. The van der Waals surface area contributed by atoms with Crippen LogP contribution in [-0.4, -0.2) is 39.1 Å². The zero-order valence-corrected chi connectivity index (χ0v) is 11.1. The first-order chi connectivity index (χ1) is 8.62. The number of carbonyl (C=O) groups excluding carboxylic acids is 1. The lowest BCUT2D eigenvalue weighted by Crippen LogP contribution is -2.35. The van der Waals surface area contributed by atoms with Gasteiger partial charge < -0.3 is 4.90 Å². The van der Waals surface area contributed by atoms with E-state index in [1.54, 1.807) is 11.8 Å². The molecular weight excluding hydrogens is 230 g/mol. The van der Waals surface area contributed by atoms with Gasteiger partial charge in [-0.2, -0.15) is 5.26 Å². The Morgan fingerprint density at radius 3 is 2.83 bits per heavy atom. The molecule has 0 aliphatic carbocycles. The van der Waals surface area contributed by atoms with Crippen LogP contribution in [0.4, 0.5) is 0 Å². The Bertz CT molecular complexity index is 434. The van der Waals surface area contributed by atoms with Gasteiger partial charge in [0.15, 0.2) is 0 Å². The number of rotatable bonds is 6. The molecule has 1 rings (SSSR count). The van der Waals surface area contributed by atoms with Crippen molar-refractivity contribution in [3.05, 3.63) is 11.6 Å². The zero-order valence-electron chi connectivity index (χ0n) is 11.1. The van der Waals surface area contributed by atoms with Crippen molar-refractivity contribution in [3.63, 3.8) is 0 Å². The lowest BCUT2D eigenvalue weighted by atomic mass is 10.2. The molecule has 1 aromatic rings. The number of nitrogens with one attached hydrogen (secondary N) is 1. The molecule has 0 radical (unpaired) electrons. The van der Waals surface area contributed by atoms with E-state index in [9.17, 15) is 4.79 Å². The van der Waals surface area contributed by atoms with Crippen LogP contribution in [-0.2, 0) is 6.42 Å². The van der Waals surface area contributed by atoms with Crippen molar-refractivity contribution in [2.45, 2.75) is 33.6 Å². The number of amides is 1. The van der Waals surface area contributed by atoms with Gasteiger partial charge in [0.1, 0.15) is 5.82 Å². The van der Waals surface area contributed by atoms with E-state index in [0.29, 0.717) is 13.1 Å². The number of H-pyrrole nitrogens is 1. The SMILES string of the molecule is CCCc1nc(C(=O)N(CC)CC(C)C#N)n[nH]1. The number of nitriles is 1. The minimum Gasteiger partial charge on any atom is -0.335 e. The van der Waals surface area contributed by atoms with Crippen molar-refractivity contribution >= 4 is 5.91 Å². The van der Waals surface area contributed by atoms with E-state index in [0.717, 1.165) is 18.7 Å². The van der Waals surface area contributed by atoms with E-state index >= 15 is 0 Å². The van der Waals surface area contributed by atoms with E-state index < -0.39 is 0 Å². The summed E-state index contributed by atoms with van der Waals surface area (Å²) in [6.07, 6.45) is 1.73. The second kappa shape index (κ2) is 6.74. The molecule has 6 heteroatoms. The third-order valence-corrected chi connectivity index (χ3v) is 2.59. The lowest BCUT2D eigenvalue weighted by molar-refractivity contribution is 0.0741. The van der Waals surface area contributed by atoms with Gasteiger partial charge in [0.25, 0.3) is 5.91 Å². The van der Waals surface area contributed by atoms with Crippen LogP contribution in [0.1, 0.15) is 43.6 Å². The van der Waals surface area contributed by atoms with Gasteiger partial charge in [-0.25, -0.2) is 4.98 Å². The number of aromatic amines is 1. The molecule has 0 spiro atoms. The fourth-order valence-corrected chi connectivity index (χ4v) is 1.61. The fourth-order valence-electron chi connectivity index (χ4n) is 1.61. The normalized spacial score (nSPS) is 11.9. The van der Waals surface area contributed by atoms with Gasteiger partial charge in [-0.3, -0.25) is 9.89 Å². The molecule has 1 N–H and O–H groups in total. The number of aromatic nitrogens is 3. The van der Waals surface area contributed by atoms with E-state index in [4.69, 9.17) is 5.26 Å². The Morgan fingerprint density at radius 1 is 1.56 bits per heavy atom. The summed E-state index contributed by atoms with van der Waals surface area (Å²) in [6.45, 7) is 6.65. The van der Waals surface area contributed by atoms with Crippen molar-refractivity contribution in [2.24, 2.45) is 5.92 Å². The molecule has 98 valence electrons. The Balaban J connectivity index is 2.73. The summed E-state index contributed by atoms with van der Waals surface area (Å²) in [5.74, 6) is 0.497. The smallest absolute Gasteiger partial charge is 0.293 e. The highest BCUT2D eigenvalue weighted by Gasteiger charge is 2.20. The van der Waals surface area contributed by atoms with Crippen molar-refractivity contribution in [3.8, 4) is 6.07 Å². The molecule has 0 bridgehead atoms. The second-order valence-electron chi connectivity index (χ2n) is 4.23. The summed E-state index contributed by atoms with van der Waals surface area (Å²) in [6, 6.07) is 2.12. The van der Waals surface area contributed by atoms with Gasteiger partial charge in [0.05, 0.1) is 12.0 Å². The average molecular weight is 249 g/mol. The standard InChI is InChI=1S/C12H19N5O/c1-4-6-10-14-11(16-15-10)12(18)17(5-2)8-9(3)7-13/h9H,4-6,8H2,1-3H3,(H,14,15,16). The van der Waals surface area contributed by atoms with Crippen LogP contribution >= 0.6 is 0 Å². The third kappa shape index (κ3) is 3.55. The molecule has 0 aromatic carbocycles. The Morgan fingerprint density at radius 2 is 2.28 bits per heavy atom. The number of aryl methyl sites for hydroxylation is 1. The van der Waals surface area contributed by atoms with Crippen LogP contribution in [0.3, 0.4) is 0 Å². The van der Waals surface area contributed by atoms with Crippen LogP contribution in [0.5, 0.6) is 0 Å². The molecule has 0 aliphatic heterocycles. The van der Waals surface area contributed by atoms with Crippen LogP contribution < -0.4 is 0 Å². The van der Waals surface area contributed by atoms with E-state index in [1.807, 2.05) is 13.8 Å². The Labute approximate surface area is 107 Å². The maximum Gasteiger partial charge on any atom is 0.293 e. The molecule has 1 atom stereocenters. The first-order valence-corrected chi connectivity index (χ1v) is 6.22. The first kappa shape index (κ1) is 14.2. The van der Waals surface area contributed by atoms with Crippen LogP contribution in [0.25, 0.3) is 0 Å². The Hall–Kier alpha value is -1.90. The summed E-state index contributed by atoms with van der Waals surface area (Å²) < 4.78 is 0. The lowest BCUT2D eigenvalue weighted by Gasteiger charge is -2.20. The van der Waals surface area contributed by atoms with E-state index in [1.165, 1.54) is 0 Å². The molecule has 0 fully saturated rings. The minimum absolute atomic E-state index is 0.186. The Kier molecular flexibility index (Phi) is 5.31. The predicted octanol–water partition coefficient (Wildman–Crippen LogP) is 1.38.